The normalized spacial score (nSPS) is 11.4. The average Bonchev–Trinajstić information content (AvgIpc) is 2.48. The zero-order valence-corrected chi connectivity index (χ0v) is 16.2. The van der Waals surface area contributed by atoms with E-state index in [1.165, 1.54) is 0 Å². The highest BCUT2D eigenvalue weighted by atomic mass is 79.9. The Morgan fingerprint density at radius 3 is 2.36 bits per heavy atom. The number of halogens is 3. The van der Waals surface area contributed by atoms with Gasteiger partial charge in [0.15, 0.2) is 0 Å². The molecule has 4 nitrogen and oxygen atoms in total. The molecule has 2 aromatic rings. The van der Waals surface area contributed by atoms with Crippen molar-refractivity contribution in [2.45, 2.75) is 6.92 Å². The lowest BCUT2D eigenvalue weighted by Gasteiger charge is -2.08. The summed E-state index contributed by atoms with van der Waals surface area (Å²) < 4.78 is 2.24. The number of aromatic hydroxyl groups is 1. The molecule has 0 atom stereocenters. The van der Waals surface area contributed by atoms with E-state index in [0.29, 0.717) is 21.3 Å². The van der Waals surface area contributed by atoms with E-state index < -0.39 is 0 Å². The number of hydrogen-bond donors (Lipinski definition) is 2. The summed E-state index contributed by atoms with van der Waals surface area (Å²) in [5, 5.41) is 14.1. The van der Waals surface area contributed by atoms with Crippen LogP contribution in [0.3, 0.4) is 0 Å². The van der Waals surface area contributed by atoms with Gasteiger partial charge in [0, 0.05) is 20.1 Å². The second-order valence-corrected chi connectivity index (χ2v) is 7.11. The van der Waals surface area contributed by atoms with Gasteiger partial charge in [0.2, 0.25) is 0 Å². The molecule has 0 fully saturated rings. The summed E-state index contributed by atoms with van der Waals surface area (Å²) in [4.78, 5) is 12.0. The van der Waals surface area contributed by atoms with E-state index in [9.17, 15) is 9.90 Å². The fraction of sp³-hybridized carbons (Fsp3) is 0.0667. The number of phenols is 1. The topological polar surface area (TPSA) is 61.7 Å². The van der Waals surface area contributed by atoms with Gasteiger partial charge in [-0.15, -0.1) is 0 Å². The van der Waals surface area contributed by atoms with Crippen LogP contribution in [0.4, 0.5) is 0 Å². The smallest absolute Gasteiger partial charge is 0.271 e. The Morgan fingerprint density at radius 1 is 1.09 bits per heavy atom. The van der Waals surface area contributed by atoms with Crippen LogP contribution in [-0.2, 0) is 0 Å². The number of nitrogens with one attached hydrogen (secondary N) is 1. The summed E-state index contributed by atoms with van der Waals surface area (Å²) in [6, 6.07) is 10.4. The second-order valence-electron chi connectivity index (χ2n) is 4.43. The number of hydrogen-bond acceptors (Lipinski definition) is 3. The molecule has 22 heavy (non-hydrogen) atoms. The van der Waals surface area contributed by atoms with Gasteiger partial charge in [-0.2, -0.15) is 5.10 Å². The number of benzene rings is 2. The third kappa shape index (κ3) is 4.18. The highest BCUT2D eigenvalue weighted by Gasteiger charge is 2.11. The minimum Gasteiger partial charge on any atom is -0.506 e. The zero-order valence-electron chi connectivity index (χ0n) is 11.4. The summed E-state index contributed by atoms with van der Waals surface area (Å²) >= 11 is 9.93. The average molecular weight is 491 g/mol. The predicted molar refractivity (Wildman–Crippen MR) is 97.3 cm³/mol. The summed E-state index contributed by atoms with van der Waals surface area (Å²) in [6.07, 6.45) is 0. The first-order valence-electron chi connectivity index (χ1n) is 6.17. The van der Waals surface area contributed by atoms with Crippen molar-refractivity contribution >= 4 is 59.4 Å². The molecule has 0 spiro atoms. The van der Waals surface area contributed by atoms with Gasteiger partial charge in [0.05, 0.1) is 10.2 Å². The molecule has 0 radical (unpaired) electrons. The molecule has 1 amide bonds. The molecular weight excluding hydrogens is 480 g/mol. The maximum absolute atomic E-state index is 12.0. The molecule has 2 N–H and O–H groups in total. The number of nitrogens with zero attached hydrogens (tertiary/aromatic N) is 1. The van der Waals surface area contributed by atoms with Crippen LogP contribution in [-0.4, -0.2) is 16.7 Å². The molecule has 7 heteroatoms. The van der Waals surface area contributed by atoms with E-state index in [1.54, 1.807) is 43.3 Å². The molecule has 0 saturated carbocycles. The first-order chi connectivity index (χ1) is 10.4. The lowest BCUT2D eigenvalue weighted by atomic mass is 10.1. The number of carbonyl (C=O) groups excluding carboxylic acids is 1. The maximum atomic E-state index is 12.0. The highest BCUT2D eigenvalue weighted by Crippen LogP contribution is 2.32. The van der Waals surface area contributed by atoms with E-state index in [0.717, 1.165) is 8.95 Å². The van der Waals surface area contributed by atoms with Crippen molar-refractivity contribution < 1.29 is 9.90 Å². The number of rotatable bonds is 3. The number of amides is 1. The number of hydrazone groups is 1. The molecular formula is C15H11Br3N2O2. The minimum absolute atomic E-state index is 0.0716. The van der Waals surface area contributed by atoms with Crippen molar-refractivity contribution in [3.05, 3.63) is 60.9 Å². The van der Waals surface area contributed by atoms with Crippen molar-refractivity contribution in [3.63, 3.8) is 0 Å². The quantitative estimate of drug-likeness (QED) is 0.478. The van der Waals surface area contributed by atoms with E-state index in [1.807, 2.05) is 0 Å². The van der Waals surface area contributed by atoms with Crippen molar-refractivity contribution in [2.75, 3.05) is 0 Å². The lowest BCUT2D eigenvalue weighted by Crippen LogP contribution is -2.19. The van der Waals surface area contributed by atoms with Gasteiger partial charge < -0.3 is 5.11 Å². The van der Waals surface area contributed by atoms with Crippen LogP contribution >= 0.6 is 47.8 Å². The van der Waals surface area contributed by atoms with Crippen LogP contribution in [0.2, 0.25) is 0 Å². The Labute approximate surface area is 153 Å². The molecule has 0 saturated heterocycles. The third-order valence-electron chi connectivity index (χ3n) is 2.85. The van der Waals surface area contributed by atoms with Gasteiger partial charge in [-0.25, -0.2) is 5.43 Å². The summed E-state index contributed by atoms with van der Waals surface area (Å²) in [5.74, 6) is -0.247. The van der Waals surface area contributed by atoms with Crippen molar-refractivity contribution in [1.82, 2.24) is 5.43 Å². The van der Waals surface area contributed by atoms with Crippen molar-refractivity contribution in [3.8, 4) is 5.75 Å². The standard InChI is InChI=1S/C15H11Br3N2O2/c1-8(12-6-11(17)7-13(18)14(12)21)19-20-15(22)9-2-4-10(16)5-3-9/h2-7,21H,1H3,(H,20,22). The zero-order chi connectivity index (χ0) is 16.3. The molecule has 0 aliphatic heterocycles. The Kier molecular flexibility index (Phi) is 5.77. The van der Waals surface area contributed by atoms with Gasteiger partial charge in [0.25, 0.3) is 5.91 Å². The van der Waals surface area contributed by atoms with Gasteiger partial charge in [0.1, 0.15) is 5.75 Å². The Balaban J connectivity index is 2.19. The summed E-state index contributed by atoms with van der Waals surface area (Å²) in [5.41, 5.74) is 3.99. The van der Waals surface area contributed by atoms with Crippen LogP contribution in [0.25, 0.3) is 0 Å². The number of phenolic OH excluding ortho intramolecular Hbond substituents is 1. The lowest BCUT2D eigenvalue weighted by molar-refractivity contribution is 0.0955. The molecule has 0 heterocycles. The molecule has 0 aromatic heterocycles. The Morgan fingerprint density at radius 2 is 1.73 bits per heavy atom. The first kappa shape index (κ1) is 17.2. The fourth-order valence-corrected chi connectivity index (χ4v) is 3.19. The van der Waals surface area contributed by atoms with Crippen LogP contribution in [0.15, 0.2) is 54.9 Å². The first-order valence-corrected chi connectivity index (χ1v) is 8.55. The highest BCUT2D eigenvalue weighted by molar-refractivity contribution is 9.11. The molecule has 0 bridgehead atoms. The van der Waals surface area contributed by atoms with E-state index in [-0.39, 0.29) is 11.7 Å². The third-order valence-corrected chi connectivity index (χ3v) is 4.44. The molecule has 2 aromatic carbocycles. The Bertz CT molecular complexity index is 743. The van der Waals surface area contributed by atoms with Crippen molar-refractivity contribution in [2.24, 2.45) is 5.10 Å². The largest absolute Gasteiger partial charge is 0.506 e. The van der Waals surface area contributed by atoms with E-state index in [4.69, 9.17) is 0 Å². The van der Waals surface area contributed by atoms with Crippen LogP contribution in [0.1, 0.15) is 22.8 Å². The molecule has 0 aliphatic carbocycles. The van der Waals surface area contributed by atoms with Crippen LogP contribution < -0.4 is 5.43 Å². The van der Waals surface area contributed by atoms with Crippen molar-refractivity contribution in [1.29, 1.82) is 0 Å². The van der Waals surface area contributed by atoms with E-state index >= 15 is 0 Å². The second kappa shape index (κ2) is 7.39. The van der Waals surface area contributed by atoms with Crippen LogP contribution in [0.5, 0.6) is 5.75 Å². The van der Waals surface area contributed by atoms with Crippen LogP contribution in [0, 0.1) is 0 Å². The van der Waals surface area contributed by atoms with Gasteiger partial charge in [-0.1, -0.05) is 31.9 Å². The van der Waals surface area contributed by atoms with E-state index in [2.05, 4.69) is 58.3 Å². The predicted octanol–water partition coefficient (Wildman–Crippen LogP) is 4.83. The number of carbonyl (C=O) groups is 1. The Hall–Kier alpha value is -1.18. The van der Waals surface area contributed by atoms with Gasteiger partial charge in [-0.3, -0.25) is 4.79 Å². The minimum atomic E-state index is -0.319. The molecule has 2 rings (SSSR count). The SMILES string of the molecule is CC(=NNC(=O)c1ccc(Br)cc1)c1cc(Br)cc(Br)c1O. The maximum Gasteiger partial charge on any atom is 0.271 e. The van der Waals surface area contributed by atoms with Gasteiger partial charge in [-0.05, 0) is 59.3 Å². The molecule has 0 aliphatic rings. The monoisotopic (exact) mass is 488 g/mol. The fourth-order valence-electron chi connectivity index (χ4n) is 1.70. The molecule has 0 unspecified atom stereocenters. The molecule has 114 valence electrons. The summed E-state index contributed by atoms with van der Waals surface area (Å²) in [7, 11) is 0. The summed E-state index contributed by atoms with van der Waals surface area (Å²) in [6.45, 7) is 1.70. The van der Waals surface area contributed by atoms with Gasteiger partial charge >= 0.3 is 0 Å².